The fourth-order valence-corrected chi connectivity index (χ4v) is 2.16. The van der Waals surface area contributed by atoms with Crippen LogP contribution in [-0.4, -0.2) is 34.2 Å². The first kappa shape index (κ1) is 15.2. The van der Waals surface area contributed by atoms with Crippen LogP contribution in [0.4, 0.5) is 0 Å². The minimum atomic E-state index is -0.315. The molecule has 1 aromatic carbocycles. The molecular formula is C16H18N4O3. The number of benzene rings is 1. The second-order valence-electron chi connectivity index (χ2n) is 5.52. The molecule has 0 spiro atoms. The largest absolute Gasteiger partial charge is 0.497 e. The highest BCUT2D eigenvalue weighted by atomic mass is 16.5. The Balaban J connectivity index is 1.66. The van der Waals surface area contributed by atoms with Gasteiger partial charge in [-0.05, 0) is 37.1 Å². The Bertz CT molecular complexity index is 751. The average molecular weight is 314 g/mol. The number of aromatic amines is 1. The Morgan fingerprint density at radius 3 is 2.65 bits per heavy atom. The fourth-order valence-electron chi connectivity index (χ4n) is 2.16. The van der Waals surface area contributed by atoms with Gasteiger partial charge in [-0.1, -0.05) is 0 Å². The molecule has 23 heavy (non-hydrogen) atoms. The molecule has 1 fully saturated rings. The lowest BCUT2D eigenvalue weighted by atomic mass is 10.2. The molecule has 0 aliphatic heterocycles. The summed E-state index contributed by atoms with van der Waals surface area (Å²) in [6.45, 7) is 0. The number of aromatic nitrogens is 3. The number of H-pyrrole nitrogens is 1. The van der Waals surface area contributed by atoms with E-state index in [4.69, 9.17) is 4.74 Å². The number of methoxy groups -OCH3 is 1. The predicted octanol–water partition coefficient (Wildman–Crippen LogP) is 1.05. The summed E-state index contributed by atoms with van der Waals surface area (Å²) in [4.78, 5) is 26.4. The van der Waals surface area contributed by atoms with E-state index in [0.29, 0.717) is 11.9 Å². The summed E-state index contributed by atoms with van der Waals surface area (Å²) in [7, 11) is 1.59. The minimum absolute atomic E-state index is 0.0482. The molecule has 120 valence electrons. The third kappa shape index (κ3) is 3.94. The van der Waals surface area contributed by atoms with Crippen molar-refractivity contribution in [1.29, 1.82) is 0 Å². The zero-order chi connectivity index (χ0) is 16.2. The van der Waals surface area contributed by atoms with Gasteiger partial charge in [-0.3, -0.25) is 9.59 Å². The van der Waals surface area contributed by atoms with Crippen LogP contribution >= 0.6 is 0 Å². The topological polar surface area (TPSA) is 97.0 Å². The van der Waals surface area contributed by atoms with E-state index in [9.17, 15) is 9.59 Å². The van der Waals surface area contributed by atoms with Crippen LogP contribution < -0.4 is 15.6 Å². The van der Waals surface area contributed by atoms with Gasteiger partial charge in [0.2, 0.25) is 5.91 Å². The molecule has 0 saturated heterocycles. The Hall–Kier alpha value is -2.70. The van der Waals surface area contributed by atoms with Crippen molar-refractivity contribution in [3.05, 3.63) is 40.3 Å². The highest BCUT2D eigenvalue weighted by Gasteiger charge is 2.23. The summed E-state index contributed by atoms with van der Waals surface area (Å²) in [6, 6.07) is 7.48. The first-order valence-corrected chi connectivity index (χ1v) is 7.55. The SMILES string of the molecule is COc1ccc(-c2nnc(CCC(=O)NC3CC3)c(=O)[nH]2)cc1. The second kappa shape index (κ2) is 6.60. The van der Waals surface area contributed by atoms with Crippen LogP contribution in [0, 0.1) is 0 Å². The molecule has 1 aromatic heterocycles. The summed E-state index contributed by atoms with van der Waals surface area (Å²) in [5, 5.41) is 10.9. The monoisotopic (exact) mass is 314 g/mol. The molecule has 7 nitrogen and oxygen atoms in total. The lowest BCUT2D eigenvalue weighted by molar-refractivity contribution is -0.121. The number of nitrogens with zero attached hydrogens (tertiary/aromatic N) is 2. The molecular weight excluding hydrogens is 296 g/mol. The van der Waals surface area contributed by atoms with E-state index in [2.05, 4.69) is 20.5 Å². The van der Waals surface area contributed by atoms with Crippen molar-refractivity contribution in [2.45, 2.75) is 31.7 Å². The summed E-state index contributed by atoms with van der Waals surface area (Å²) in [5.41, 5.74) is 0.701. The molecule has 2 aromatic rings. The molecule has 1 aliphatic carbocycles. The van der Waals surface area contributed by atoms with Crippen LogP contribution in [0.25, 0.3) is 11.4 Å². The number of carbonyl (C=O) groups excluding carboxylic acids is 1. The third-order valence-corrected chi connectivity index (χ3v) is 3.66. The fraction of sp³-hybridized carbons (Fsp3) is 0.375. The van der Waals surface area contributed by atoms with Gasteiger partial charge in [-0.2, -0.15) is 0 Å². The van der Waals surface area contributed by atoms with Crippen molar-refractivity contribution in [3.8, 4) is 17.1 Å². The predicted molar refractivity (Wildman–Crippen MR) is 84.1 cm³/mol. The number of aryl methyl sites for hydroxylation is 1. The smallest absolute Gasteiger partial charge is 0.273 e. The van der Waals surface area contributed by atoms with Crippen LogP contribution in [0.1, 0.15) is 25.0 Å². The van der Waals surface area contributed by atoms with Gasteiger partial charge in [0.15, 0.2) is 5.82 Å². The van der Waals surface area contributed by atoms with E-state index in [0.717, 1.165) is 24.2 Å². The highest BCUT2D eigenvalue weighted by Crippen LogP contribution is 2.19. The van der Waals surface area contributed by atoms with Crippen molar-refractivity contribution < 1.29 is 9.53 Å². The Morgan fingerprint density at radius 2 is 2.04 bits per heavy atom. The first-order valence-electron chi connectivity index (χ1n) is 7.55. The van der Waals surface area contributed by atoms with Gasteiger partial charge in [0.25, 0.3) is 5.56 Å². The molecule has 0 bridgehead atoms. The average Bonchev–Trinajstić information content (AvgIpc) is 3.37. The Kier molecular flexibility index (Phi) is 4.36. The van der Waals surface area contributed by atoms with E-state index in [1.807, 2.05) is 0 Å². The van der Waals surface area contributed by atoms with Gasteiger partial charge >= 0.3 is 0 Å². The highest BCUT2D eigenvalue weighted by molar-refractivity contribution is 5.76. The molecule has 0 unspecified atom stereocenters. The maximum absolute atomic E-state index is 12.1. The number of amides is 1. The van der Waals surface area contributed by atoms with Gasteiger partial charge in [0, 0.05) is 24.4 Å². The standard InChI is InChI=1S/C16H18N4O3/c1-23-12-6-2-10(3-7-12)15-18-16(22)13(19-20-15)8-9-14(21)17-11-4-5-11/h2-3,6-7,11H,4-5,8-9H2,1H3,(H,17,21)(H,18,20,22). The Labute approximate surface area is 133 Å². The Morgan fingerprint density at radius 1 is 1.30 bits per heavy atom. The maximum Gasteiger partial charge on any atom is 0.273 e. The van der Waals surface area contributed by atoms with Gasteiger partial charge in [0.1, 0.15) is 11.4 Å². The normalized spacial score (nSPS) is 13.6. The molecule has 3 rings (SSSR count). The van der Waals surface area contributed by atoms with Crippen LogP contribution in [0.5, 0.6) is 5.75 Å². The zero-order valence-corrected chi connectivity index (χ0v) is 12.8. The zero-order valence-electron chi connectivity index (χ0n) is 12.8. The van der Waals surface area contributed by atoms with Gasteiger partial charge in [0.05, 0.1) is 7.11 Å². The summed E-state index contributed by atoms with van der Waals surface area (Å²) in [5.74, 6) is 1.07. The summed E-state index contributed by atoms with van der Waals surface area (Å²) in [6.07, 6.45) is 2.62. The lowest BCUT2D eigenvalue weighted by Gasteiger charge is -2.04. The quantitative estimate of drug-likeness (QED) is 0.830. The van der Waals surface area contributed by atoms with Crippen molar-refractivity contribution in [3.63, 3.8) is 0 Å². The number of hydrogen-bond acceptors (Lipinski definition) is 5. The maximum atomic E-state index is 12.1. The molecule has 1 aliphatic rings. The third-order valence-electron chi connectivity index (χ3n) is 3.66. The van der Waals surface area contributed by atoms with Crippen molar-refractivity contribution in [2.24, 2.45) is 0 Å². The number of nitrogens with one attached hydrogen (secondary N) is 2. The number of carbonyl (C=O) groups is 1. The summed E-state index contributed by atoms with van der Waals surface area (Å²) < 4.78 is 5.09. The number of ether oxygens (including phenoxy) is 1. The van der Waals surface area contributed by atoms with Crippen molar-refractivity contribution >= 4 is 5.91 Å². The molecule has 0 radical (unpaired) electrons. The molecule has 1 amide bonds. The first-order chi connectivity index (χ1) is 11.2. The van der Waals surface area contributed by atoms with E-state index >= 15 is 0 Å². The molecule has 7 heteroatoms. The van der Waals surface area contributed by atoms with E-state index in [-0.39, 0.29) is 30.0 Å². The van der Waals surface area contributed by atoms with Crippen LogP contribution in [-0.2, 0) is 11.2 Å². The molecule has 1 saturated carbocycles. The minimum Gasteiger partial charge on any atom is -0.497 e. The molecule has 1 heterocycles. The van der Waals surface area contributed by atoms with Gasteiger partial charge < -0.3 is 15.0 Å². The van der Waals surface area contributed by atoms with Gasteiger partial charge in [-0.25, -0.2) is 0 Å². The van der Waals surface area contributed by atoms with Crippen LogP contribution in [0.2, 0.25) is 0 Å². The van der Waals surface area contributed by atoms with Crippen molar-refractivity contribution in [1.82, 2.24) is 20.5 Å². The molecule has 0 atom stereocenters. The molecule has 2 N–H and O–H groups in total. The van der Waals surface area contributed by atoms with E-state index < -0.39 is 0 Å². The summed E-state index contributed by atoms with van der Waals surface area (Å²) >= 11 is 0. The number of rotatable bonds is 6. The van der Waals surface area contributed by atoms with E-state index in [1.54, 1.807) is 31.4 Å². The van der Waals surface area contributed by atoms with Crippen LogP contribution in [0.15, 0.2) is 29.1 Å². The van der Waals surface area contributed by atoms with E-state index in [1.165, 1.54) is 0 Å². The van der Waals surface area contributed by atoms with Crippen LogP contribution in [0.3, 0.4) is 0 Å². The van der Waals surface area contributed by atoms with Gasteiger partial charge in [-0.15, -0.1) is 10.2 Å². The second-order valence-corrected chi connectivity index (χ2v) is 5.52. The lowest BCUT2D eigenvalue weighted by Crippen LogP contribution is -2.27. The number of hydrogen-bond donors (Lipinski definition) is 2. The van der Waals surface area contributed by atoms with Crippen molar-refractivity contribution in [2.75, 3.05) is 7.11 Å².